The van der Waals surface area contributed by atoms with E-state index in [0.717, 1.165) is 24.3 Å². The number of aryl methyl sites for hydroxylation is 1. The molecular formula is C19H30N3O2+. The topological polar surface area (TPSA) is 53.9 Å². The lowest BCUT2D eigenvalue weighted by atomic mass is 9.99. The van der Waals surface area contributed by atoms with Gasteiger partial charge in [0, 0.05) is 18.7 Å². The molecule has 0 radical (unpaired) electrons. The van der Waals surface area contributed by atoms with Crippen molar-refractivity contribution in [1.29, 1.82) is 0 Å². The summed E-state index contributed by atoms with van der Waals surface area (Å²) in [6, 6.07) is 7.55. The molecule has 0 saturated carbocycles. The maximum Gasteiger partial charge on any atom is 0.280 e. The van der Waals surface area contributed by atoms with E-state index in [4.69, 9.17) is 0 Å². The van der Waals surface area contributed by atoms with E-state index in [1.165, 1.54) is 17.7 Å². The van der Waals surface area contributed by atoms with Gasteiger partial charge in [-0.25, -0.2) is 0 Å². The molecule has 0 aliphatic carbocycles. The SMILES string of the molecule is Cc1ccc(NC(=O)CN(C)C(=O)[C@H](C)[NH+]2CCC[C@H](C)C2)cc1. The molecule has 1 fully saturated rings. The number of amides is 2. The highest BCUT2D eigenvalue weighted by Gasteiger charge is 2.31. The zero-order valence-corrected chi connectivity index (χ0v) is 15.3. The van der Waals surface area contributed by atoms with Gasteiger partial charge >= 0.3 is 0 Å². The van der Waals surface area contributed by atoms with E-state index < -0.39 is 0 Å². The molecule has 3 atom stereocenters. The van der Waals surface area contributed by atoms with Gasteiger partial charge in [0.2, 0.25) is 5.91 Å². The van der Waals surface area contributed by atoms with Gasteiger partial charge in [-0.15, -0.1) is 0 Å². The van der Waals surface area contributed by atoms with Gasteiger partial charge in [-0.1, -0.05) is 24.6 Å². The number of hydrogen-bond acceptors (Lipinski definition) is 2. The molecule has 0 spiro atoms. The van der Waals surface area contributed by atoms with Crippen molar-refractivity contribution in [1.82, 2.24) is 4.90 Å². The maximum atomic E-state index is 12.6. The van der Waals surface area contributed by atoms with Crippen LogP contribution in [-0.2, 0) is 9.59 Å². The van der Waals surface area contributed by atoms with Gasteiger partial charge in [-0.3, -0.25) is 9.59 Å². The second-order valence-corrected chi connectivity index (χ2v) is 7.19. The van der Waals surface area contributed by atoms with E-state index in [1.807, 2.05) is 38.1 Å². The van der Waals surface area contributed by atoms with Gasteiger partial charge < -0.3 is 15.1 Å². The quantitative estimate of drug-likeness (QED) is 0.848. The Hall–Kier alpha value is -1.88. The molecule has 2 amide bonds. The van der Waals surface area contributed by atoms with Crippen molar-refractivity contribution in [3.8, 4) is 0 Å². The van der Waals surface area contributed by atoms with E-state index in [1.54, 1.807) is 11.9 Å². The van der Waals surface area contributed by atoms with Crippen LogP contribution in [0.3, 0.4) is 0 Å². The normalized spacial score (nSPS) is 21.8. The summed E-state index contributed by atoms with van der Waals surface area (Å²) in [5, 5.41) is 2.84. The Morgan fingerprint density at radius 1 is 1.33 bits per heavy atom. The van der Waals surface area contributed by atoms with Crippen molar-refractivity contribution >= 4 is 17.5 Å². The van der Waals surface area contributed by atoms with E-state index in [-0.39, 0.29) is 24.4 Å². The molecule has 132 valence electrons. The Bertz CT molecular complexity index is 570. The number of nitrogens with zero attached hydrogens (tertiary/aromatic N) is 1. The van der Waals surface area contributed by atoms with Crippen LogP contribution in [0.15, 0.2) is 24.3 Å². The number of carbonyl (C=O) groups is 2. The molecule has 1 aromatic rings. The molecule has 24 heavy (non-hydrogen) atoms. The summed E-state index contributed by atoms with van der Waals surface area (Å²) in [7, 11) is 1.71. The number of benzene rings is 1. The molecule has 5 heteroatoms. The Kier molecular flexibility index (Phi) is 6.37. The summed E-state index contributed by atoms with van der Waals surface area (Å²) in [5.41, 5.74) is 1.91. The molecule has 2 rings (SSSR count). The van der Waals surface area contributed by atoms with E-state index in [0.29, 0.717) is 5.92 Å². The Morgan fingerprint density at radius 3 is 2.62 bits per heavy atom. The maximum absolute atomic E-state index is 12.6. The third-order valence-corrected chi connectivity index (χ3v) is 4.88. The van der Waals surface area contributed by atoms with Crippen LogP contribution in [0, 0.1) is 12.8 Å². The predicted molar refractivity (Wildman–Crippen MR) is 96.0 cm³/mol. The van der Waals surface area contributed by atoms with Gasteiger partial charge in [-0.2, -0.15) is 0 Å². The smallest absolute Gasteiger partial charge is 0.280 e. The van der Waals surface area contributed by atoms with Crippen LogP contribution in [0.25, 0.3) is 0 Å². The number of likely N-dealkylation sites (N-methyl/N-ethyl adjacent to an activating group) is 1. The number of quaternary nitrogens is 1. The van der Waals surface area contributed by atoms with Crippen molar-refractivity contribution in [3.05, 3.63) is 29.8 Å². The Labute approximate surface area is 145 Å². The average Bonchev–Trinajstić information content (AvgIpc) is 2.55. The van der Waals surface area contributed by atoms with E-state index >= 15 is 0 Å². The molecular weight excluding hydrogens is 302 g/mol. The number of rotatable bonds is 5. The lowest BCUT2D eigenvalue weighted by molar-refractivity contribution is -0.922. The van der Waals surface area contributed by atoms with Crippen LogP contribution < -0.4 is 10.2 Å². The fourth-order valence-electron chi connectivity index (χ4n) is 3.36. The number of likely N-dealkylation sites (tertiary alicyclic amines) is 1. The second-order valence-electron chi connectivity index (χ2n) is 7.19. The summed E-state index contributed by atoms with van der Waals surface area (Å²) in [4.78, 5) is 27.6. The molecule has 0 aromatic heterocycles. The summed E-state index contributed by atoms with van der Waals surface area (Å²) < 4.78 is 0. The molecule has 1 heterocycles. The van der Waals surface area contributed by atoms with Crippen molar-refractivity contribution in [3.63, 3.8) is 0 Å². The van der Waals surface area contributed by atoms with Crippen LogP contribution >= 0.6 is 0 Å². The summed E-state index contributed by atoms with van der Waals surface area (Å²) in [5.74, 6) is 0.543. The first-order chi connectivity index (χ1) is 11.4. The van der Waals surface area contributed by atoms with E-state index in [9.17, 15) is 9.59 Å². The number of hydrogen-bond donors (Lipinski definition) is 2. The molecule has 0 bridgehead atoms. The first kappa shape index (κ1) is 18.5. The highest BCUT2D eigenvalue weighted by Crippen LogP contribution is 2.09. The zero-order chi connectivity index (χ0) is 17.7. The number of piperidine rings is 1. The molecule has 1 saturated heterocycles. The molecule has 1 aromatic carbocycles. The number of carbonyl (C=O) groups excluding carboxylic acids is 2. The largest absolute Gasteiger partial charge is 0.331 e. The van der Waals surface area contributed by atoms with Crippen molar-refractivity contribution in [2.75, 3.05) is 32.0 Å². The Morgan fingerprint density at radius 2 is 2.00 bits per heavy atom. The average molecular weight is 332 g/mol. The minimum absolute atomic E-state index is 0.0400. The van der Waals surface area contributed by atoms with Crippen molar-refractivity contribution in [2.45, 2.75) is 39.7 Å². The third kappa shape index (κ3) is 5.06. The summed E-state index contributed by atoms with van der Waals surface area (Å²) >= 11 is 0. The Balaban J connectivity index is 1.85. The van der Waals surface area contributed by atoms with Gasteiger partial charge in [0.15, 0.2) is 6.04 Å². The minimum atomic E-state index is -0.163. The molecule has 1 aliphatic rings. The molecule has 1 aliphatic heterocycles. The first-order valence-electron chi connectivity index (χ1n) is 8.83. The van der Waals surface area contributed by atoms with Crippen LogP contribution in [0.5, 0.6) is 0 Å². The lowest BCUT2D eigenvalue weighted by Gasteiger charge is -2.33. The van der Waals surface area contributed by atoms with Crippen molar-refractivity contribution < 1.29 is 14.5 Å². The molecule has 1 unspecified atom stereocenters. The highest BCUT2D eigenvalue weighted by atomic mass is 16.2. The lowest BCUT2D eigenvalue weighted by Crippen LogP contribution is -3.18. The standard InChI is InChI=1S/C19H29N3O2/c1-14-7-9-17(10-8-14)20-18(23)13-21(4)19(24)16(3)22-11-5-6-15(2)12-22/h7-10,15-16H,5-6,11-13H2,1-4H3,(H,20,23)/p+1/t15-,16-/m0/s1. The van der Waals surface area contributed by atoms with Crippen LogP contribution in [0.1, 0.15) is 32.3 Å². The van der Waals surface area contributed by atoms with E-state index in [2.05, 4.69) is 12.2 Å². The van der Waals surface area contributed by atoms with Gasteiger partial charge in [-0.05, 0) is 38.8 Å². The summed E-state index contributed by atoms with van der Waals surface area (Å²) in [6.07, 6.45) is 2.42. The molecule has 2 N–H and O–H groups in total. The monoisotopic (exact) mass is 332 g/mol. The second kappa shape index (κ2) is 8.29. The third-order valence-electron chi connectivity index (χ3n) is 4.88. The first-order valence-corrected chi connectivity index (χ1v) is 8.83. The fourth-order valence-corrected chi connectivity index (χ4v) is 3.36. The predicted octanol–water partition coefficient (Wildman–Crippen LogP) is 1.10. The van der Waals surface area contributed by atoms with Gasteiger partial charge in [0.1, 0.15) is 0 Å². The van der Waals surface area contributed by atoms with Crippen LogP contribution in [0.2, 0.25) is 0 Å². The summed E-state index contributed by atoms with van der Waals surface area (Å²) in [6.45, 7) is 8.39. The van der Waals surface area contributed by atoms with Crippen LogP contribution in [0.4, 0.5) is 5.69 Å². The minimum Gasteiger partial charge on any atom is -0.331 e. The van der Waals surface area contributed by atoms with Crippen LogP contribution in [-0.4, -0.2) is 49.4 Å². The van der Waals surface area contributed by atoms with Gasteiger partial charge in [0.25, 0.3) is 5.91 Å². The zero-order valence-electron chi connectivity index (χ0n) is 15.3. The highest BCUT2D eigenvalue weighted by molar-refractivity contribution is 5.94. The molecule has 5 nitrogen and oxygen atoms in total. The number of nitrogens with one attached hydrogen (secondary N) is 2. The fraction of sp³-hybridized carbons (Fsp3) is 0.579. The van der Waals surface area contributed by atoms with Gasteiger partial charge in [0.05, 0.1) is 19.6 Å². The van der Waals surface area contributed by atoms with Crippen molar-refractivity contribution in [2.24, 2.45) is 5.92 Å². The number of anilines is 1.